The monoisotopic (exact) mass is 190 g/mol. The Morgan fingerprint density at radius 2 is 1.79 bits per heavy atom. The van der Waals surface area contributed by atoms with Gasteiger partial charge in [0.2, 0.25) is 0 Å². The molecule has 0 bridgehead atoms. The third kappa shape index (κ3) is 1.68. The summed E-state index contributed by atoms with van der Waals surface area (Å²) >= 11 is 0. The fourth-order valence-electron chi connectivity index (χ4n) is 2.31. The lowest BCUT2D eigenvalue weighted by molar-refractivity contribution is 0.315. The molecule has 0 radical (unpaired) electrons. The van der Waals surface area contributed by atoms with E-state index < -0.39 is 0 Å². The first-order valence-corrected chi connectivity index (χ1v) is 5.34. The van der Waals surface area contributed by atoms with E-state index in [4.69, 9.17) is 5.73 Å². The molecule has 2 nitrogen and oxygen atoms in total. The summed E-state index contributed by atoms with van der Waals surface area (Å²) in [6.07, 6.45) is 2.32. The van der Waals surface area contributed by atoms with Gasteiger partial charge >= 0.3 is 0 Å². The zero-order chi connectivity index (χ0) is 9.86. The molecule has 2 rings (SSSR count). The van der Waals surface area contributed by atoms with Gasteiger partial charge in [0.1, 0.15) is 0 Å². The van der Waals surface area contributed by atoms with Crippen molar-refractivity contribution in [2.45, 2.75) is 18.3 Å². The molecule has 1 aliphatic heterocycles. The molecule has 0 amide bonds. The summed E-state index contributed by atoms with van der Waals surface area (Å²) in [5, 5.41) is 3.39. The molecule has 1 aromatic carbocycles. The van der Waals surface area contributed by atoms with Crippen molar-refractivity contribution in [3.63, 3.8) is 0 Å². The van der Waals surface area contributed by atoms with E-state index in [0.717, 1.165) is 32.5 Å². The number of nitrogens with two attached hydrogens (primary N) is 1. The lowest BCUT2D eigenvalue weighted by Crippen LogP contribution is -2.44. The summed E-state index contributed by atoms with van der Waals surface area (Å²) in [5.41, 5.74) is 7.58. The van der Waals surface area contributed by atoms with Crippen LogP contribution < -0.4 is 11.1 Å². The van der Waals surface area contributed by atoms with Gasteiger partial charge in [-0.25, -0.2) is 0 Å². The van der Waals surface area contributed by atoms with Crippen LogP contribution in [-0.2, 0) is 5.41 Å². The molecule has 1 heterocycles. The summed E-state index contributed by atoms with van der Waals surface area (Å²) < 4.78 is 0. The van der Waals surface area contributed by atoms with E-state index in [1.165, 1.54) is 5.56 Å². The van der Waals surface area contributed by atoms with Gasteiger partial charge in [-0.3, -0.25) is 0 Å². The average molecular weight is 190 g/mol. The smallest absolute Gasteiger partial charge is 0.00996 e. The van der Waals surface area contributed by atoms with Crippen LogP contribution in [0, 0.1) is 0 Å². The van der Waals surface area contributed by atoms with Crippen LogP contribution in [-0.4, -0.2) is 19.6 Å². The maximum Gasteiger partial charge on any atom is 0.00996 e. The molecule has 0 aliphatic carbocycles. The molecule has 76 valence electrons. The van der Waals surface area contributed by atoms with Gasteiger partial charge < -0.3 is 11.1 Å². The van der Waals surface area contributed by atoms with Crippen LogP contribution in [0.3, 0.4) is 0 Å². The van der Waals surface area contributed by atoms with Crippen LogP contribution in [0.5, 0.6) is 0 Å². The van der Waals surface area contributed by atoms with E-state index in [0.29, 0.717) is 0 Å². The van der Waals surface area contributed by atoms with E-state index in [1.807, 2.05) is 0 Å². The van der Waals surface area contributed by atoms with Gasteiger partial charge in [-0.1, -0.05) is 30.3 Å². The quantitative estimate of drug-likeness (QED) is 0.737. The van der Waals surface area contributed by atoms with Crippen molar-refractivity contribution in [2.24, 2.45) is 5.73 Å². The first-order chi connectivity index (χ1) is 6.87. The molecule has 0 unspecified atom stereocenters. The third-order valence-corrected chi connectivity index (χ3v) is 3.34. The Labute approximate surface area is 85.5 Å². The highest BCUT2D eigenvalue weighted by atomic mass is 14.9. The first kappa shape index (κ1) is 9.69. The second-order valence-corrected chi connectivity index (χ2v) is 4.10. The average Bonchev–Trinajstić information content (AvgIpc) is 2.31. The fourth-order valence-corrected chi connectivity index (χ4v) is 2.31. The lowest BCUT2D eigenvalue weighted by Gasteiger charge is -2.37. The molecule has 2 heteroatoms. The van der Waals surface area contributed by atoms with Crippen LogP contribution in [0.4, 0.5) is 0 Å². The maximum atomic E-state index is 5.94. The highest BCUT2D eigenvalue weighted by Gasteiger charge is 2.31. The minimum atomic E-state index is 0.229. The Morgan fingerprint density at radius 1 is 1.14 bits per heavy atom. The Bertz CT molecular complexity index is 276. The van der Waals surface area contributed by atoms with Crippen molar-refractivity contribution in [2.75, 3.05) is 19.6 Å². The number of piperidine rings is 1. The maximum absolute atomic E-state index is 5.94. The largest absolute Gasteiger partial charge is 0.330 e. The number of hydrogen-bond acceptors (Lipinski definition) is 2. The second-order valence-electron chi connectivity index (χ2n) is 4.10. The predicted octanol–water partition coefficient (Wildman–Crippen LogP) is 1.27. The zero-order valence-corrected chi connectivity index (χ0v) is 8.50. The topological polar surface area (TPSA) is 38.0 Å². The highest BCUT2D eigenvalue weighted by molar-refractivity contribution is 5.26. The molecule has 0 aromatic heterocycles. The molecule has 1 aliphatic rings. The standard InChI is InChI=1S/C12H18N2/c13-10-12(6-8-14-9-7-12)11-4-2-1-3-5-11/h1-5,14H,6-10,13H2. The van der Waals surface area contributed by atoms with Gasteiger partial charge in [-0.15, -0.1) is 0 Å². The summed E-state index contributed by atoms with van der Waals surface area (Å²) in [6.45, 7) is 2.94. The minimum absolute atomic E-state index is 0.229. The van der Waals surface area contributed by atoms with Crippen molar-refractivity contribution in [3.8, 4) is 0 Å². The number of nitrogens with one attached hydrogen (secondary N) is 1. The van der Waals surface area contributed by atoms with Crippen molar-refractivity contribution in [1.82, 2.24) is 5.32 Å². The molecule has 0 spiro atoms. The molecule has 1 saturated heterocycles. The highest BCUT2D eigenvalue weighted by Crippen LogP contribution is 2.31. The van der Waals surface area contributed by atoms with Gasteiger partial charge in [0, 0.05) is 12.0 Å². The Kier molecular flexibility index (Phi) is 2.85. The van der Waals surface area contributed by atoms with E-state index in [9.17, 15) is 0 Å². The number of rotatable bonds is 2. The normalized spacial score (nSPS) is 20.6. The van der Waals surface area contributed by atoms with Crippen molar-refractivity contribution >= 4 is 0 Å². The van der Waals surface area contributed by atoms with E-state index in [2.05, 4.69) is 35.6 Å². The molecule has 1 aromatic rings. The van der Waals surface area contributed by atoms with E-state index in [1.54, 1.807) is 0 Å². The summed E-state index contributed by atoms with van der Waals surface area (Å²) in [6, 6.07) is 10.7. The van der Waals surface area contributed by atoms with Crippen LogP contribution in [0.15, 0.2) is 30.3 Å². The molecule has 0 atom stereocenters. The molecular formula is C12H18N2. The summed E-state index contributed by atoms with van der Waals surface area (Å²) in [4.78, 5) is 0. The van der Waals surface area contributed by atoms with Crippen LogP contribution in [0.1, 0.15) is 18.4 Å². The first-order valence-electron chi connectivity index (χ1n) is 5.34. The lowest BCUT2D eigenvalue weighted by atomic mass is 9.73. The van der Waals surface area contributed by atoms with Crippen LogP contribution in [0.25, 0.3) is 0 Å². The van der Waals surface area contributed by atoms with Gasteiger partial charge in [0.25, 0.3) is 0 Å². The van der Waals surface area contributed by atoms with Crippen molar-refractivity contribution in [3.05, 3.63) is 35.9 Å². The molecular weight excluding hydrogens is 172 g/mol. The molecule has 3 N–H and O–H groups in total. The fraction of sp³-hybridized carbons (Fsp3) is 0.500. The molecule has 14 heavy (non-hydrogen) atoms. The van der Waals surface area contributed by atoms with Gasteiger partial charge in [-0.2, -0.15) is 0 Å². The minimum Gasteiger partial charge on any atom is -0.330 e. The second kappa shape index (κ2) is 4.11. The Hall–Kier alpha value is -0.860. The number of benzene rings is 1. The van der Waals surface area contributed by atoms with E-state index in [-0.39, 0.29) is 5.41 Å². The number of hydrogen-bond donors (Lipinski definition) is 2. The van der Waals surface area contributed by atoms with Gasteiger partial charge in [0.15, 0.2) is 0 Å². The van der Waals surface area contributed by atoms with Crippen LogP contribution >= 0.6 is 0 Å². The summed E-state index contributed by atoms with van der Waals surface area (Å²) in [7, 11) is 0. The third-order valence-electron chi connectivity index (χ3n) is 3.34. The van der Waals surface area contributed by atoms with Crippen LogP contribution in [0.2, 0.25) is 0 Å². The van der Waals surface area contributed by atoms with Crippen molar-refractivity contribution < 1.29 is 0 Å². The van der Waals surface area contributed by atoms with E-state index >= 15 is 0 Å². The van der Waals surface area contributed by atoms with Gasteiger partial charge in [0.05, 0.1) is 0 Å². The zero-order valence-electron chi connectivity index (χ0n) is 8.50. The Balaban J connectivity index is 2.27. The van der Waals surface area contributed by atoms with Crippen molar-refractivity contribution in [1.29, 1.82) is 0 Å². The SMILES string of the molecule is NCC1(c2ccccc2)CCNCC1. The van der Waals surface area contributed by atoms with Gasteiger partial charge in [-0.05, 0) is 31.5 Å². The summed E-state index contributed by atoms with van der Waals surface area (Å²) in [5.74, 6) is 0. The molecule has 0 saturated carbocycles. The Morgan fingerprint density at radius 3 is 2.36 bits per heavy atom. The molecule has 1 fully saturated rings. The predicted molar refractivity (Wildman–Crippen MR) is 59.3 cm³/mol.